The molecule has 0 radical (unpaired) electrons. The van der Waals surface area contributed by atoms with Crippen LogP contribution in [0.3, 0.4) is 0 Å². The van der Waals surface area contributed by atoms with Gasteiger partial charge in [0.1, 0.15) is 5.75 Å². The molecular weight excluding hydrogens is 360 g/mol. The second kappa shape index (κ2) is 8.48. The average molecular weight is 385 g/mol. The monoisotopic (exact) mass is 384 g/mol. The summed E-state index contributed by atoms with van der Waals surface area (Å²) in [5, 5.41) is 3.01. The largest absolute Gasteiger partial charge is 0.497 e. The van der Waals surface area contributed by atoms with E-state index in [-0.39, 0.29) is 23.8 Å². The number of thioether (sulfide) groups is 1. The Morgan fingerprint density at radius 3 is 2.30 bits per heavy atom. The topological polar surface area (TPSA) is 58.6 Å². The highest BCUT2D eigenvalue weighted by atomic mass is 32.2. The number of hydrogen-bond donors (Lipinski definition) is 1. The lowest BCUT2D eigenvalue weighted by Gasteiger charge is -2.19. The Morgan fingerprint density at radius 2 is 1.74 bits per heavy atom. The maximum absolute atomic E-state index is 12.9. The van der Waals surface area contributed by atoms with Crippen molar-refractivity contribution < 1.29 is 14.3 Å². The summed E-state index contributed by atoms with van der Waals surface area (Å²) in [4.78, 5) is 27.5. The zero-order valence-corrected chi connectivity index (χ0v) is 16.6. The van der Waals surface area contributed by atoms with Gasteiger partial charge in [-0.25, -0.2) is 0 Å². The van der Waals surface area contributed by atoms with Crippen molar-refractivity contribution >= 4 is 23.6 Å². The van der Waals surface area contributed by atoms with Gasteiger partial charge in [0.05, 0.1) is 13.2 Å². The number of hydrogen-bond acceptors (Lipinski definition) is 4. The molecule has 1 saturated heterocycles. The minimum atomic E-state index is -0.106. The molecule has 0 aliphatic carbocycles. The fourth-order valence-corrected chi connectivity index (χ4v) is 3.89. The number of likely N-dealkylation sites (tertiary alicyclic amines) is 1. The van der Waals surface area contributed by atoms with Crippen LogP contribution in [0.15, 0.2) is 53.4 Å². The quantitative estimate of drug-likeness (QED) is 0.805. The third kappa shape index (κ3) is 4.45. The van der Waals surface area contributed by atoms with Crippen molar-refractivity contribution in [1.29, 1.82) is 0 Å². The van der Waals surface area contributed by atoms with E-state index < -0.39 is 0 Å². The molecule has 0 aromatic heterocycles. The zero-order chi connectivity index (χ0) is 19.4. The van der Waals surface area contributed by atoms with Gasteiger partial charge in [0.2, 0.25) is 5.91 Å². The molecule has 0 bridgehead atoms. The van der Waals surface area contributed by atoms with E-state index in [0.717, 1.165) is 16.2 Å². The van der Waals surface area contributed by atoms with Gasteiger partial charge in [-0.15, -0.1) is 11.8 Å². The molecule has 5 nitrogen and oxygen atoms in total. The first-order valence-corrected chi connectivity index (χ1v) is 10.1. The molecular formula is C21H24N2O3S. The van der Waals surface area contributed by atoms with Gasteiger partial charge < -0.3 is 15.0 Å². The number of carbonyl (C=O) groups is 2. The molecule has 0 saturated carbocycles. The predicted octanol–water partition coefficient (Wildman–Crippen LogP) is 3.16. The predicted molar refractivity (Wildman–Crippen MR) is 107 cm³/mol. The molecule has 27 heavy (non-hydrogen) atoms. The third-order valence-corrected chi connectivity index (χ3v) is 5.62. The molecule has 0 spiro atoms. The summed E-state index contributed by atoms with van der Waals surface area (Å²) in [7, 11) is 1.63. The maximum Gasteiger partial charge on any atom is 0.253 e. The fourth-order valence-electron chi connectivity index (χ4n) is 3.48. The van der Waals surface area contributed by atoms with Gasteiger partial charge in [0.25, 0.3) is 5.91 Å². The van der Waals surface area contributed by atoms with Crippen LogP contribution in [0, 0.1) is 0 Å². The van der Waals surface area contributed by atoms with Gasteiger partial charge in [0, 0.05) is 36.4 Å². The summed E-state index contributed by atoms with van der Waals surface area (Å²) in [6, 6.07) is 15.4. The van der Waals surface area contributed by atoms with E-state index >= 15 is 0 Å². The summed E-state index contributed by atoms with van der Waals surface area (Å²) in [5.41, 5.74) is 1.76. The van der Waals surface area contributed by atoms with Gasteiger partial charge >= 0.3 is 0 Å². The smallest absolute Gasteiger partial charge is 0.253 e. The van der Waals surface area contributed by atoms with E-state index in [1.165, 1.54) is 6.92 Å². The second-order valence-electron chi connectivity index (χ2n) is 6.63. The summed E-state index contributed by atoms with van der Waals surface area (Å²) >= 11 is 1.65. The number of methoxy groups -OCH3 is 1. The van der Waals surface area contributed by atoms with Crippen LogP contribution in [0.1, 0.15) is 28.8 Å². The van der Waals surface area contributed by atoms with Crippen LogP contribution < -0.4 is 10.1 Å². The van der Waals surface area contributed by atoms with Crippen LogP contribution in [0.2, 0.25) is 0 Å². The lowest BCUT2D eigenvalue weighted by Crippen LogP contribution is -2.39. The van der Waals surface area contributed by atoms with E-state index in [1.54, 1.807) is 18.9 Å². The molecule has 2 aromatic carbocycles. The van der Waals surface area contributed by atoms with Crippen molar-refractivity contribution in [2.45, 2.75) is 23.8 Å². The van der Waals surface area contributed by atoms with Crippen molar-refractivity contribution in [3.8, 4) is 5.75 Å². The van der Waals surface area contributed by atoms with Gasteiger partial charge in [-0.1, -0.05) is 12.1 Å². The average Bonchev–Trinajstić information content (AvgIpc) is 3.10. The van der Waals surface area contributed by atoms with Crippen LogP contribution in [0.25, 0.3) is 0 Å². The van der Waals surface area contributed by atoms with E-state index in [1.807, 2.05) is 59.7 Å². The molecule has 1 fully saturated rings. The van der Waals surface area contributed by atoms with Crippen molar-refractivity contribution in [3.63, 3.8) is 0 Å². The first-order chi connectivity index (χ1) is 13.0. The molecule has 3 rings (SSSR count). The first kappa shape index (κ1) is 19.3. The Bertz CT molecular complexity index is 805. The lowest BCUT2D eigenvalue weighted by molar-refractivity contribution is -0.119. The van der Waals surface area contributed by atoms with E-state index in [2.05, 4.69) is 5.32 Å². The Kier molecular flexibility index (Phi) is 6.06. The number of amides is 2. The van der Waals surface area contributed by atoms with Gasteiger partial charge in [0.15, 0.2) is 0 Å². The van der Waals surface area contributed by atoms with E-state index in [4.69, 9.17) is 4.74 Å². The highest BCUT2D eigenvalue weighted by molar-refractivity contribution is 7.98. The Balaban J connectivity index is 1.80. The minimum Gasteiger partial charge on any atom is -0.497 e. The van der Waals surface area contributed by atoms with E-state index in [0.29, 0.717) is 18.7 Å². The normalized spacial score (nSPS) is 19.0. The molecule has 6 heteroatoms. The highest BCUT2D eigenvalue weighted by Gasteiger charge is 2.37. The van der Waals surface area contributed by atoms with Crippen LogP contribution >= 0.6 is 11.8 Å². The Hall–Kier alpha value is -2.47. The summed E-state index contributed by atoms with van der Waals surface area (Å²) in [6.45, 7) is 2.58. The number of nitrogens with zero attached hydrogens (tertiary/aromatic N) is 1. The van der Waals surface area contributed by atoms with E-state index in [9.17, 15) is 9.59 Å². The molecule has 1 aliphatic rings. The van der Waals surface area contributed by atoms with Gasteiger partial charge in [-0.05, 0) is 48.2 Å². The second-order valence-corrected chi connectivity index (χ2v) is 7.50. The first-order valence-electron chi connectivity index (χ1n) is 8.86. The minimum absolute atomic E-state index is 0.00554. The Labute approximate surface area is 164 Å². The van der Waals surface area contributed by atoms with Gasteiger partial charge in [-0.3, -0.25) is 9.59 Å². The zero-order valence-electron chi connectivity index (χ0n) is 15.8. The van der Waals surface area contributed by atoms with Crippen molar-refractivity contribution in [2.24, 2.45) is 0 Å². The summed E-state index contributed by atoms with van der Waals surface area (Å²) < 4.78 is 5.22. The molecule has 2 aromatic rings. The van der Waals surface area contributed by atoms with Crippen LogP contribution in [0.5, 0.6) is 5.75 Å². The molecule has 142 valence electrons. The van der Waals surface area contributed by atoms with Crippen molar-refractivity contribution in [1.82, 2.24) is 10.2 Å². The number of ether oxygens (including phenoxy) is 1. The van der Waals surface area contributed by atoms with Crippen LogP contribution in [0.4, 0.5) is 0 Å². The number of nitrogens with one attached hydrogen (secondary N) is 1. The molecule has 1 N–H and O–H groups in total. The van der Waals surface area contributed by atoms with Crippen LogP contribution in [-0.4, -0.2) is 49.2 Å². The summed E-state index contributed by atoms with van der Waals surface area (Å²) in [5.74, 6) is 0.745. The lowest BCUT2D eigenvalue weighted by atomic mass is 9.94. The standard InChI is InChI=1S/C21H24N2O3S/c1-14(24)22-20-13-23(21(25)16-6-10-18(27-3)11-7-16)12-19(20)15-4-8-17(26-2)9-5-15/h4-11,19-20H,12-13H2,1-3H3,(H,22,24)/t19-,20+/m0/s1. The fraction of sp³-hybridized carbons (Fsp3) is 0.333. The molecule has 1 heterocycles. The molecule has 2 amide bonds. The molecule has 1 aliphatic heterocycles. The molecule has 2 atom stereocenters. The maximum atomic E-state index is 12.9. The number of carbonyl (C=O) groups excluding carboxylic acids is 2. The third-order valence-electron chi connectivity index (χ3n) is 4.88. The SMILES string of the molecule is COc1ccc([C@@H]2CN(C(=O)c3ccc(SC)cc3)C[C@H]2NC(C)=O)cc1. The van der Waals surface area contributed by atoms with Crippen molar-refractivity contribution in [2.75, 3.05) is 26.5 Å². The Morgan fingerprint density at radius 1 is 1.07 bits per heavy atom. The number of rotatable bonds is 5. The van der Waals surface area contributed by atoms with Crippen LogP contribution in [-0.2, 0) is 4.79 Å². The number of benzene rings is 2. The molecule has 0 unspecified atom stereocenters. The van der Waals surface area contributed by atoms with Crippen molar-refractivity contribution in [3.05, 3.63) is 59.7 Å². The highest BCUT2D eigenvalue weighted by Crippen LogP contribution is 2.30. The summed E-state index contributed by atoms with van der Waals surface area (Å²) in [6.07, 6.45) is 2.01. The van der Waals surface area contributed by atoms with Gasteiger partial charge in [-0.2, -0.15) is 0 Å².